The van der Waals surface area contributed by atoms with Crippen LogP contribution in [-0.4, -0.2) is 21.0 Å². The van der Waals surface area contributed by atoms with Crippen molar-refractivity contribution in [2.75, 3.05) is 5.75 Å². The van der Waals surface area contributed by atoms with Crippen LogP contribution in [0.1, 0.15) is 41.6 Å². The van der Waals surface area contributed by atoms with Gasteiger partial charge < -0.3 is 5.11 Å². The average Bonchev–Trinajstić information content (AvgIpc) is 2.81. The maximum absolute atomic E-state index is 13.5. The number of benzene rings is 1. The Hall–Kier alpha value is -1.23. The Kier molecular flexibility index (Phi) is 4.69. The smallest absolute Gasteiger partial charge is 0.338 e. The van der Waals surface area contributed by atoms with E-state index < -0.39 is 22.6 Å². The molecule has 1 unspecified atom stereocenters. The van der Waals surface area contributed by atoms with Crippen molar-refractivity contribution in [1.29, 1.82) is 0 Å². The van der Waals surface area contributed by atoms with Crippen LogP contribution in [0.4, 0.5) is 4.39 Å². The molecule has 0 aliphatic heterocycles. The normalized spacial score (nSPS) is 17.5. The van der Waals surface area contributed by atoms with Crippen LogP contribution < -0.4 is 0 Å². The third-order valence-corrected chi connectivity index (χ3v) is 4.99. The molecule has 0 radical (unpaired) electrons. The van der Waals surface area contributed by atoms with Gasteiger partial charge >= 0.3 is 5.97 Å². The van der Waals surface area contributed by atoms with E-state index in [0.29, 0.717) is 23.0 Å². The summed E-state index contributed by atoms with van der Waals surface area (Å²) in [7, 11) is -1.00. The number of carboxylic acids is 1. The number of rotatable bonds is 5. The number of hydrogen-bond acceptors (Lipinski definition) is 2. The zero-order valence-electron chi connectivity index (χ0n) is 10.6. The number of carboxylic acid groups (broad SMARTS) is 1. The molecular formula is C14H17FO3S. The highest BCUT2D eigenvalue weighted by atomic mass is 32.2. The van der Waals surface area contributed by atoms with E-state index in [0.717, 1.165) is 12.8 Å². The summed E-state index contributed by atoms with van der Waals surface area (Å²) in [6.45, 7) is 0. The summed E-state index contributed by atoms with van der Waals surface area (Å²) in [5, 5.41) is 8.73. The number of aromatic carboxylic acids is 1. The Balaban J connectivity index is 1.96. The van der Waals surface area contributed by atoms with Crippen molar-refractivity contribution < 1.29 is 18.5 Å². The topological polar surface area (TPSA) is 54.4 Å². The summed E-state index contributed by atoms with van der Waals surface area (Å²) in [4.78, 5) is 10.7. The highest BCUT2D eigenvalue weighted by Gasteiger charge is 2.18. The van der Waals surface area contributed by atoms with E-state index in [9.17, 15) is 13.4 Å². The molecule has 104 valence electrons. The van der Waals surface area contributed by atoms with Crippen LogP contribution in [0.3, 0.4) is 0 Å². The summed E-state index contributed by atoms with van der Waals surface area (Å²) < 4.78 is 25.4. The minimum absolute atomic E-state index is 0.299. The number of halogens is 1. The minimum Gasteiger partial charge on any atom is -0.478 e. The van der Waals surface area contributed by atoms with Crippen molar-refractivity contribution in [3.8, 4) is 0 Å². The molecule has 0 heterocycles. The highest BCUT2D eigenvalue weighted by molar-refractivity contribution is 7.84. The lowest BCUT2D eigenvalue weighted by Gasteiger charge is -2.09. The van der Waals surface area contributed by atoms with Gasteiger partial charge in [-0.15, -0.1) is 0 Å². The molecule has 1 aliphatic carbocycles. The fourth-order valence-electron chi connectivity index (χ4n) is 2.51. The molecule has 1 N–H and O–H groups in total. The Labute approximate surface area is 114 Å². The van der Waals surface area contributed by atoms with Crippen LogP contribution in [0.2, 0.25) is 0 Å². The molecule has 0 bridgehead atoms. The van der Waals surface area contributed by atoms with Crippen molar-refractivity contribution in [2.45, 2.75) is 31.4 Å². The lowest BCUT2D eigenvalue weighted by molar-refractivity contribution is 0.0692. The molecule has 0 saturated heterocycles. The third kappa shape index (κ3) is 3.86. The molecule has 1 aromatic carbocycles. The van der Waals surface area contributed by atoms with Crippen LogP contribution in [0.25, 0.3) is 0 Å². The summed E-state index contributed by atoms with van der Waals surface area (Å²) >= 11 is 0. The predicted molar refractivity (Wildman–Crippen MR) is 72.0 cm³/mol. The summed E-state index contributed by atoms with van der Waals surface area (Å²) in [6, 6.07) is 3.95. The molecule has 0 amide bonds. The molecule has 1 fully saturated rings. The molecule has 1 aliphatic rings. The number of carbonyl (C=O) groups is 1. The Morgan fingerprint density at radius 3 is 2.63 bits per heavy atom. The molecule has 0 aromatic heterocycles. The quantitative estimate of drug-likeness (QED) is 0.904. The van der Waals surface area contributed by atoms with E-state index in [1.165, 1.54) is 25.0 Å². The van der Waals surface area contributed by atoms with Crippen molar-refractivity contribution in [3.05, 3.63) is 35.1 Å². The first-order chi connectivity index (χ1) is 9.06. The molecule has 19 heavy (non-hydrogen) atoms. The highest BCUT2D eigenvalue weighted by Crippen LogP contribution is 2.26. The van der Waals surface area contributed by atoms with Crippen molar-refractivity contribution in [2.24, 2.45) is 5.92 Å². The summed E-state index contributed by atoms with van der Waals surface area (Å²) in [5.74, 6) is -0.543. The molecule has 2 rings (SSSR count). The van der Waals surface area contributed by atoms with Gasteiger partial charge in [0, 0.05) is 22.3 Å². The average molecular weight is 284 g/mol. The first-order valence-electron chi connectivity index (χ1n) is 6.43. The zero-order chi connectivity index (χ0) is 13.8. The van der Waals surface area contributed by atoms with E-state index in [-0.39, 0.29) is 5.56 Å². The summed E-state index contributed by atoms with van der Waals surface area (Å²) in [6.07, 6.45) is 4.70. The van der Waals surface area contributed by atoms with Gasteiger partial charge in [0.15, 0.2) is 0 Å². The predicted octanol–water partition coefficient (Wildman–Crippen LogP) is 2.96. The van der Waals surface area contributed by atoms with Crippen molar-refractivity contribution in [3.63, 3.8) is 0 Å². The number of hydrogen-bond donors (Lipinski definition) is 1. The molecule has 0 spiro atoms. The first kappa shape index (κ1) is 14.2. The maximum atomic E-state index is 13.5. The van der Waals surface area contributed by atoms with Gasteiger partial charge in [-0.25, -0.2) is 9.18 Å². The van der Waals surface area contributed by atoms with E-state index >= 15 is 0 Å². The second-order valence-electron chi connectivity index (χ2n) is 5.02. The van der Waals surface area contributed by atoms with Crippen LogP contribution in [0.5, 0.6) is 0 Å². The lowest BCUT2D eigenvalue weighted by atomic mass is 10.1. The van der Waals surface area contributed by atoms with Crippen LogP contribution >= 0.6 is 0 Å². The molecule has 1 aromatic rings. The van der Waals surface area contributed by atoms with Gasteiger partial charge in [-0.1, -0.05) is 18.9 Å². The van der Waals surface area contributed by atoms with E-state index in [2.05, 4.69) is 0 Å². The molecule has 1 saturated carbocycles. The van der Waals surface area contributed by atoms with E-state index in [4.69, 9.17) is 5.11 Å². The Bertz CT molecular complexity index is 495. The first-order valence-corrected chi connectivity index (χ1v) is 7.92. The van der Waals surface area contributed by atoms with Gasteiger partial charge in [0.25, 0.3) is 0 Å². The minimum atomic E-state index is -1.28. The lowest BCUT2D eigenvalue weighted by Crippen LogP contribution is -2.10. The van der Waals surface area contributed by atoms with Crippen molar-refractivity contribution >= 4 is 16.8 Å². The van der Waals surface area contributed by atoms with Gasteiger partial charge in [-0.2, -0.15) is 0 Å². The third-order valence-electron chi connectivity index (χ3n) is 3.49. The van der Waals surface area contributed by atoms with Crippen LogP contribution in [0, 0.1) is 11.7 Å². The standard InChI is InChI=1S/C14H17FO3S/c15-13-7-11(5-6-12(13)14(16)17)9-19(18)8-10-3-1-2-4-10/h5-7,10H,1-4,8-9H2,(H,16,17). The van der Waals surface area contributed by atoms with E-state index in [1.807, 2.05) is 0 Å². The monoisotopic (exact) mass is 284 g/mol. The fraction of sp³-hybridized carbons (Fsp3) is 0.500. The molecule has 5 heteroatoms. The van der Waals surface area contributed by atoms with Crippen molar-refractivity contribution in [1.82, 2.24) is 0 Å². The van der Waals surface area contributed by atoms with Gasteiger partial charge in [0.2, 0.25) is 0 Å². The largest absolute Gasteiger partial charge is 0.478 e. The maximum Gasteiger partial charge on any atom is 0.338 e. The zero-order valence-corrected chi connectivity index (χ0v) is 11.4. The molecule has 3 nitrogen and oxygen atoms in total. The summed E-state index contributed by atoms with van der Waals surface area (Å²) in [5.41, 5.74) is 0.254. The van der Waals surface area contributed by atoms with Crippen LogP contribution in [0.15, 0.2) is 18.2 Å². The second kappa shape index (κ2) is 6.28. The van der Waals surface area contributed by atoms with Gasteiger partial charge in [0.1, 0.15) is 5.82 Å². The Morgan fingerprint density at radius 1 is 1.37 bits per heavy atom. The SMILES string of the molecule is O=C(O)c1ccc(CS(=O)CC2CCCC2)cc1F. The molecule has 1 atom stereocenters. The van der Waals surface area contributed by atoms with Gasteiger partial charge in [-0.3, -0.25) is 4.21 Å². The van der Waals surface area contributed by atoms with Gasteiger partial charge in [0.05, 0.1) is 5.56 Å². The van der Waals surface area contributed by atoms with E-state index in [1.54, 1.807) is 6.07 Å². The Morgan fingerprint density at radius 2 is 2.05 bits per heavy atom. The second-order valence-corrected chi connectivity index (χ2v) is 6.52. The van der Waals surface area contributed by atoms with Gasteiger partial charge in [-0.05, 0) is 36.5 Å². The molecular weight excluding hydrogens is 267 g/mol. The van der Waals surface area contributed by atoms with Crippen LogP contribution in [-0.2, 0) is 16.6 Å². The fourth-order valence-corrected chi connectivity index (χ4v) is 4.03.